The molecule has 0 spiro atoms. The Morgan fingerprint density at radius 2 is 2.08 bits per heavy atom. The number of nitrogens with zero attached hydrogens (tertiary/aromatic N) is 1. The molecule has 0 bridgehead atoms. The van der Waals surface area contributed by atoms with E-state index in [-0.39, 0.29) is 11.7 Å². The third-order valence-electron chi connectivity index (χ3n) is 3.56. The van der Waals surface area contributed by atoms with E-state index in [1.807, 2.05) is 23.6 Å². The van der Waals surface area contributed by atoms with Crippen LogP contribution < -0.4 is 5.32 Å². The van der Waals surface area contributed by atoms with E-state index in [1.54, 1.807) is 47.0 Å². The molecule has 0 unspecified atom stereocenters. The molecule has 0 saturated heterocycles. The van der Waals surface area contributed by atoms with Crippen LogP contribution in [0.2, 0.25) is 0 Å². The van der Waals surface area contributed by atoms with Crippen LogP contribution in [-0.2, 0) is 13.0 Å². The van der Waals surface area contributed by atoms with Crippen LogP contribution >= 0.6 is 11.3 Å². The van der Waals surface area contributed by atoms with Crippen molar-refractivity contribution in [2.24, 2.45) is 0 Å². The first-order chi connectivity index (χ1) is 11.7. The summed E-state index contributed by atoms with van der Waals surface area (Å²) in [5.74, 6) is -0.452. The second-order valence-electron chi connectivity index (χ2n) is 5.29. The average molecular weight is 344 g/mol. The first kappa shape index (κ1) is 16.3. The normalized spacial score (nSPS) is 10.5. The van der Waals surface area contributed by atoms with Gasteiger partial charge in [0, 0.05) is 17.0 Å². The Bertz CT molecular complexity index is 772. The Morgan fingerprint density at radius 3 is 2.79 bits per heavy atom. The third kappa shape index (κ3) is 4.23. The molecule has 124 valence electrons. The molecule has 3 aromatic rings. The van der Waals surface area contributed by atoms with Gasteiger partial charge in [-0.1, -0.05) is 18.2 Å². The third-order valence-corrected chi connectivity index (χ3v) is 4.50. The number of hydrogen-bond donors (Lipinski definition) is 1. The summed E-state index contributed by atoms with van der Waals surface area (Å²) < 4.78 is 18.8. The van der Waals surface area contributed by atoms with Crippen LogP contribution in [0.3, 0.4) is 0 Å². The van der Waals surface area contributed by atoms with Gasteiger partial charge < -0.3 is 14.6 Å². The van der Waals surface area contributed by atoms with E-state index in [4.69, 9.17) is 4.42 Å². The molecule has 0 aliphatic heterocycles. The van der Waals surface area contributed by atoms with Crippen LogP contribution in [-0.4, -0.2) is 17.5 Å². The lowest BCUT2D eigenvalue weighted by atomic mass is 10.2. The van der Waals surface area contributed by atoms with Crippen molar-refractivity contribution >= 4 is 23.1 Å². The average Bonchev–Trinajstić information content (AvgIpc) is 3.27. The van der Waals surface area contributed by atoms with Gasteiger partial charge in [0.25, 0.3) is 0 Å². The predicted octanol–water partition coefficient (Wildman–Crippen LogP) is 4.76. The van der Waals surface area contributed by atoms with E-state index in [9.17, 15) is 9.18 Å². The lowest BCUT2D eigenvalue weighted by molar-refractivity contribution is 0.209. The van der Waals surface area contributed by atoms with Gasteiger partial charge in [0.1, 0.15) is 5.82 Å². The van der Waals surface area contributed by atoms with Crippen molar-refractivity contribution in [1.82, 2.24) is 4.90 Å². The number of carbonyl (C=O) groups excluding carboxylic acids is 1. The number of anilines is 1. The smallest absolute Gasteiger partial charge is 0.322 e. The van der Waals surface area contributed by atoms with Crippen molar-refractivity contribution in [3.05, 3.63) is 76.6 Å². The largest absolute Gasteiger partial charge is 0.472 e. The maximum Gasteiger partial charge on any atom is 0.322 e. The van der Waals surface area contributed by atoms with Crippen molar-refractivity contribution in [2.75, 3.05) is 11.9 Å². The van der Waals surface area contributed by atoms with Gasteiger partial charge in [-0.15, -0.1) is 11.3 Å². The lowest BCUT2D eigenvalue weighted by Gasteiger charge is -2.22. The Labute approximate surface area is 143 Å². The Morgan fingerprint density at radius 1 is 1.21 bits per heavy atom. The Balaban J connectivity index is 1.70. The highest BCUT2D eigenvalue weighted by molar-refractivity contribution is 7.09. The number of thiophene rings is 1. The fourth-order valence-electron chi connectivity index (χ4n) is 2.31. The van der Waals surface area contributed by atoms with E-state index >= 15 is 0 Å². The standard InChI is InChI=1S/C18H17FN2O2S/c19-16-5-1-2-6-17(16)20-18(22)21(12-14-8-10-23-13-14)9-7-15-4-3-11-24-15/h1-6,8,10-11,13H,7,9,12H2,(H,20,22). The van der Waals surface area contributed by atoms with Crippen LogP contribution in [0.4, 0.5) is 14.9 Å². The highest BCUT2D eigenvalue weighted by Crippen LogP contribution is 2.16. The second kappa shape index (κ2) is 7.79. The molecule has 1 aromatic carbocycles. The number of benzene rings is 1. The molecule has 0 aliphatic rings. The molecule has 4 nitrogen and oxygen atoms in total. The summed E-state index contributed by atoms with van der Waals surface area (Å²) in [6.45, 7) is 0.939. The zero-order valence-corrected chi connectivity index (χ0v) is 13.8. The zero-order valence-electron chi connectivity index (χ0n) is 12.9. The first-order valence-electron chi connectivity index (χ1n) is 7.56. The summed E-state index contributed by atoms with van der Waals surface area (Å²) in [5, 5.41) is 4.65. The van der Waals surface area contributed by atoms with Crippen LogP contribution in [0.1, 0.15) is 10.4 Å². The minimum atomic E-state index is -0.452. The highest BCUT2D eigenvalue weighted by Gasteiger charge is 2.16. The van der Waals surface area contributed by atoms with Crippen LogP contribution in [0.25, 0.3) is 0 Å². The molecule has 0 fully saturated rings. The molecule has 0 atom stereocenters. The van der Waals surface area contributed by atoms with Crippen molar-refractivity contribution in [3.63, 3.8) is 0 Å². The molecule has 0 saturated carbocycles. The first-order valence-corrected chi connectivity index (χ1v) is 8.44. The number of hydrogen-bond acceptors (Lipinski definition) is 3. The van der Waals surface area contributed by atoms with Crippen molar-refractivity contribution < 1.29 is 13.6 Å². The summed E-state index contributed by atoms with van der Waals surface area (Å²) in [7, 11) is 0. The molecule has 24 heavy (non-hydrogen) atoms. The van der Waals surface area contributed by atoms with Gasteiger partial charge >= 0.3 is 6.03 Å². The number of carbonyl (C=O) groups is 1. The maximum atomic E-state index is 13.8. The topological polar surface area (TPSA) is 45.5 Å². The van der Waals surface area contributed by atoms with Gasteiger partial charge in [-0.05, 0) is 36.1 Å². The molecule has 0 radical (unpaired) electrons. The lowest BCUT2D eigenvalue weighted by Crippen LogP contribution is -2.36. The molecule has 2 heterocycles. The molecule has 1 N–H and O–H groups in total. The fourth-order valence-corrected chi connectivity index (χ4v) is 3.01. The van der Waals surface area contributed by atoms with Crippen LogP contribution in [0.15, 0.2) is 64.8 Å². The van der Waals surface area contributed by atoms with E-state index in [1.165, 1.54) is 10.9 Å². The number of nitrogens with one attached hydrogen (secondary N) is 1. The number of rotatable bonds is 6. The van der Waals surface area contributed by atoms with Crippen LogP contribution in [0.5, 0.6) is 0 Å². The van der Waals surface area contributed by atoms with Gasteiger partial charge in [-0.25, -0.2) is 9.18 Å². The van der Waals surface area contributed by atoms with Crippen LogP contribution in [0, 0.1) is 5.82 Å². The summed E-state index contributed by atoms with van der Waals surface area (Å²) in [6.07, 6.45) is 3.93. The van der Waals surface area contributed by atoms with E-state index in [0.717, 1.165) is 12.0 Å². The number of amides is 2. The van der Waals surface area contributed by atoms with Gasteiger partial charge in [0.2, 0.25) is 0 Å². The van der Waals surface area contributed by atoms with E-state index < -0.39 is 5.82 Å². The zero-order chi connectivity index (χ0) is 16.8. The highest BCUT2D eigenvalue weighted by atomic mass is 32.1. The second-order valence-corrected chi connectivity index (χ2v) is 6.32. The van der Waals surface area contributed by atoms with E-state index in [0.29, 0.717) is 13.1 Å². The number of furan rings is 1. The maximum absolute atomic E-state index is 13.8. The quantitative estimate of drug-likeness (QED) is 0.701. The number of para-hydroxylation sites is 1. The number of halogens is 1. The van der Waals surface area contributed by atoms with Gasteiger partial charge in [0.15, 0.2) is 0 Å². The summed E-state index contributed by atoms with van der Waals surface area (Å²) >= 11 is 1.65. The Hall–Kier alpha value is -2.60. The minimum Gasteiger partial charge on any atom is -0.472 e. The molecule has 0 aliphatic carbocycles. The van der Waals surface area contributed by atoms with Gasteiger partial charge in [-0.3, -0.25) is 0 Å². The molecular formula is C18H17FN2O2S. The van der Waals surface area contributed by atoms with E-state index in [2.05, 4.69) is 5.32 Å². The summed E-state index contributed by atoms with van der Waals surface area (Å²) in [6, 6.07) is 11.6. The summed E-state index contributed by atoms with van der Waals surface area (Å²) in [5.41, 5.74) is 1.07. The molecular weight excluding hydrogens is 327 g/mol. The monoisotopic (exact) mass is 344 g/mol. The Kier molecular flexibility index (Phi) is 5.28. The van der Waals surface area contributed by atoms with Gasteiger partial charge in [-0.2, -0.15) is 0 Å². The molecule has 6 heteroatoms. The van der Waals surface area contributed by atoms with Crippen molar-refractivity contribution in [1.29, 1.82) is 0 Å². The minimum absolute atomic E-state index is 0.177. The molecule has 2 aromatic heterocycles. The van der Waals surface area contributed by atoms with Crippen molar-refractivity contribution in [2.45, 2.75) is 13.0 Å². The summed E-state index contributed by atoms with van der Waals surface area (Å²) in [4.78, 5) is 15.4. The predicted molar refractivity (Wildman–Crippen MR) is 92.6 cm³/mol. The fraction of sp³-hybridized carbons (Fsp3) is 0.167. The molecule has 2 amide bonds. The van der Waals surface area contributed by atoms with Crippen molar-refractivity contribution in [3.8, 4) is 0 Å². The number of urea groups is 1. The molecule has 3 rings (SSSR count). The van der Waals surface area contributed by atoms with Gasteiger partial charge in [0.05, 0.1) is 24.8 Å². The SMILES string of the molecule is O=C(Nc1ccccc1F)N(CCc1cccs1)Cc1ccoc1.